The Morgan fingerprint density at radius 2 is 2.15 bits per heavy atom. The van der Waals surface area contributed by atoms with Gasteiger partial charge in [-0.05, 0) is 18.6 Å². The van der Waals surface area contributed by atoms with Crippen LogP contribution >= 0.6 is 24.0 Å². The smallest absolute Gasteiger partial charge is 0.213 e. The molecule has 1 heterocycles. The number of aromatic nitrogens is 1. The van der Waals surface area contributed by atoms with Gasteiger partial charge in [0.2, 0.25) is 5.88 Å². The zero-order chi connectivity index (χ0) is 13.9. The molecule has 1 rings (SSSR count). The van der Waals surface area contributed by atoms with Crippen LogP contribution in [-0.4, -0.2) is 44.9 Å². The molecule has 0 bridgehead atoms. The molecule has 0 aliphatic rings. The lowest BCUT2D eigenvalue weighted by Gasteiger charge is -2.10. The van der Waals surface area contributed by atoms with E-state index in [0.29, 0.717) is 19.0 Å². The third-order valence-electron chi connectivity index (χ3n) is 2.37. The van der Waals surface area contributed by atoms with Gasteiger partial charge in [-0.25, -0.2) is 9.98 Å². The molecule has 0 aliphatic carbocycles. The van der Waals surface area contributed by atoms with E-state index < -0.39 is 0 Å². The number of nitrogens with zero attached hydrogens (tertiary/aromatic N) is 2. The van der Waals surface area contributed by atoms with Gasteiger partial charge < -0.3 is 20.1 Å². The van der Waals surface area contributed by atoms with E-state index in [2.05, 4.69) is 20.6 Å². The first-order chi connectivity index (χ1) is 9.30. The zero-order valence-electron chi connectivity index (χ0n) is 12.2. The molecule has 6 nitrogen and oxygen atoms in total. The van der Waals surface area contributed by atoms with Crippen molar-refractivity contribution >= 4 is 29.9 Å². The molecule has 2 N–H and O–H groups in total. The first-order valence-electron chi connectivity index (χ1n) is 6.30. The van der Waals surface area contributed by atoms with Gasteiger partial charge in [0.1, 0.15) is 0 Å². The zero-order valence-corrected chi connectivity index (χ0v) is 14.5. The van der Waals surface area contributed by atoms with Gasteiger partial charge in [-0.3, -0.25) is 0 Å². The second-order valence-corrected chi connectivity index (χ2v) is 3.82. The van der Waals surface area contributed by atoms with E-state index in [4.69, 9.17) is 9.47 Å². The minimum absolute atomic E-state index is 0. The van der Waals surface area contributed by atoms with Gasteiger partial charge in [-0.15, -0.1) is 24.0 Å². The molecular formula is C13H23IN4O2. The predicted octanol–water partition coefficient (Wildman–Crippen LogP) is 1.41. The number of rotatable bonds is 7. The van der Waals surface area contributed by atoms with Crippen LogP contribution in [0.15, 0.2) is 23.3 Å². The lowest BCUT2D eigenvalue weighted by atomic mass is 10.3. The number of aliphatic imine (C=N–C) groups is 1. The fraction of sp³-hybridized carbons (Fsp3) is 0.538. The van der Waals surface area contributed by atoms with Gasteiger partial charge in [-0.1, -0.05) is 0 Å². The average molecular weight is 394 g/mol. The third-order valence-corrected chi connectivity index (χ3v) is 2.37. The quantitative estimate of drug-likeness (QED) is 0.317. The van der Waals surface area contributed by atoms with E-state index in [1.807, 2.05) is 19.1 Å². The standard InChI is InChI=1S/C13H22N4O2.HI/c1-4-14-13(16-7-8-18-2)17-10-11-5-6-15-12(9-11)19-3;/h5-6,9H,4,7-8,10H2,1-3H3,(H2,14,16,17);1H. The molecule has 0 amide bonds. The van der Waals surface area contributed by atoms with Crippen molar-refractivity contribution in [2.24, 2.45) is 4.99 Å². The minimum Gasteiger partial charge on any atom is -0.481 e. The third kappa shape index (κ3) is 7.49. The normalized spacial score (nSPS) is 10.7. The highest BCUT2D eigenvalue weighted by Gasteiger charge is 1.99. The lowest BCUT2D eigenvalue weighted by Crippen LogP contribution is -2.38. The summed E-state index contributed by atoms with van der Waals surface area (Å²) in [5.41, 5.74) is 1.05. The van der Waals surface area contributed by atoms with Crippen molar-refractivity contribution in [3.05, 3.63) is 23.9 Å². The van der Waals surface area contributed by atoms with Crippen LogP contribution < -0.4 is 15.4 Å². The Labute approximate surface area is 137 Å². The number of guanidine groups is 1. The van der Waals surface area contributed by atoms with Gasteiger partial charge >= 0.3 is 0 Å². The Kier molecular flexibility index (Phi) is 11.1. The molecule has 0 aromatic carbocycles. The van der Waals surface area contributed by atoms with E-state index in [1.54, 1.807) is 20.4 Å². The molecule has 0 atom stereocenters. The summed E-state index contributed by atoms with van der Waals surface area (Å²) in [6.07, 6.45) is 1.72. The molecule has 0 saturated heterocycles. The Balaban J connectivity index is 0.00000361. The SMILES string of the molecule is CCNC(=NCc1ccnc(OC)c1)NCCOC.I. The van der Waals surface area contributed by atoms with Gasteiger partial charge in [0.05, 0.1) is 20.3 Å². The van der Waals surface area contributed by atoms with Crippen molar-refractivity contribution in [2.45, 2.75) is 13.5 Å². The molecule has 0 unspecified atom stereocenters. The molecule has 0 spiro atoms. The first-order valence-corrected chi connectivity index (χ1v) is 6.30. The molecular weight excluding hydrogens is 371 g/mol. The number of nitrogens with one attached hydrogen (secondary N) is 2. The molecule has 114 valence electrons. The Hall–Kier alpha value is -1.09. The largest absolute Gasteiger partial charge is 0.481 e. The average Bonchev–Trinajstić information content (AvgIpc) is 2.45. The maximum atomic E-state index is 5.08. The van der Waals surface area contributed by atoms with Crippen LogP contribution in [0.2, 0.25) is 0 Å². The van der Waals surface area contributed by atoms with Gasteiger partial charge in [0.15, 0.2) is 5.96 Å². The summed E-state index contributed by atoms with van der Waals surface area (Å²) in [6.45, 7) is 4.79. The monoisotopic (exact) mass is 394 g/mol. The van der Waals surface area contributed by atoms with Crippen LogP contribution in [0.3, 0.4) is 0 Å². The Bertz CT molecular complexity index is 402. The maximum Gasteiger partial charge on any atom is 0.213 e. The summed E-state index contributed by atoms with van der Waals surface area (Å²) in [5, 5.41) is 6.36. The van der Waals surface area contributed by atoms with E-state index in [-0.39, 0.29) is 24.0 Å². The number of hydrogen-bond donors (Lipinski definition) is 2. The highest BCUT2D eigenvalue weighted by Crippen LogP contribution is 2.09. The van der Waals surface area contributed by atoms with Crippen LogP contribution in [-0.2, 0) is 11.3 Å². The van der Waals surface area contributed by atoms with E-state index in [1.165, 1.54) is 0 Å². The summed E-state index contributed by atoms with van der Waals surface area (Å²) < 4.78 is 10.1. The summed E-state index contributed by atoms with van der Waals surface area (Å²) in [7, 11) is 3.28. The van der Waals surface area contributed by atoms with Gasteiger partial charge in [0, 0.05) is 32.5 Å². The molecule has 0 aliphatic heterocycles. The topological polar surface area (TPSA) is 67.8 Å². The van der Waals surface area contributed by atoms with Crippen LogP contribution in [0, 0.1) is 0 Å². The van der Waals surface area contributed by atoms with Crippen LogP contribution in [0.1, 0.15) is 12.5 Å². The fourth-order valence-electron chi connectivity index (χ4n) is 1.44. The van der Waals surface area contributed by atoms with E-state index >= 15 is 0 Å². The maximum absolute atomic E-state index is 5.08. The molecule has 0 fully saturated rings. The molecule has 0 radical (unpaired) electrons. The van der Waals surface area contributed by atoms with Crippen LogP contribution in [0.5, 0.6) is 5.88 Å². The van der Waals surface area contributed by atoms with Crippen LogP contribution in [0.25, 0.3) is 0 Å². The molecule has 1 aromatic heterocycles. The summed E-state index contributed by atoms with van der Waals surface area (Å²) >= 11 is 0. The Morgan fingerprint density at radius 1 is 1.35 bits per heavy atom. The van der Waals surface area contributed by atoms with Gasteiger partial charge in [-0.2, -0.15) is 0 Å². The van der Waals surface area contributed by atoms with E-state index in [9.17, 15) is 0 Å². The fourth-order valence-corrected chi connectivity index (χ4v) is 1.44. The number of halogens is 1. The lowest BCUT2D eigenvalue weighted by molar-refractivity contribution is 0.203. The van der Waals surface area contributed by atoms with Gasteiger partial charge in [0.25, 0.3) is 0 Å². The van der Waals surface area contributed by atoms with Crippen molar-refractivity contribution in [3.8, 4) is 5.88 Å². The second kappa shape index (κ2) is 11.7. The second-order valence-electron chi connectivity index (χ2n) is 3.82. The number of methoxy groups -OCH3 is 2. The molecule has 1 aromatic rings. The predicted molar refractivity (Wildman–Crippen MR) is 90.9 cm³/mol. The molecule has 0 saturated carbocycles. The first kappa shape index (κ1) is 18.9. The summed E-state index contributed by atoms with van der Waals surface area (Å²) in [4.78, 5) is 8.55. The summed E-state index contributed by atoms with van der Waals surface area (Å²) in [5.74, 6) is 1.38. The summed E-state index contributed by atoms with van der Waals surface area (Å²) in [6, 6.07) is 3.80. The highest BCUT2D eigenvalue weighted by molar-refractivity contribution is 14.0. The number of hydrogen-bond acceptors (Lipinski definition) is 4. The highest BCUT2D eigenvalue weighted by atomic mass is 127. The van der Waals surface area contributed by atoms with Crippen molar-refractivity contribution in [3.63, 3.8) is 0 Å². The molecule has 20 heavy (non-hydrogen) atoms. The van der Waals surface area contributed by atoms with Crippen LogP contribution in [0.4, 0.5) is 0 Å². The number of ether oxygens (including phenoxy) is 2. The van der Waals surface area contributed by atoms with E-state index in [0.717, 1.165) is 24.6 Å². The van der Waals surface area contributed by atoms with Crippen molar-refractivity contribution in [1.82, 2.24) is 15.6 Å². The Morgan fingerprint density at radius 3 is 2.80 bits per heavy atom. The number of pyridine rings is 1. The van der Waals surface area contributed by atoms with Crippen molar-refractivity contribution in [2.75, 3.05) is 33.9 Å². The van der Waals surface area contributed by atoms with Crippen molar-refractivity contribution < 1.29 is 9.47 Å². The minimum atomic E-state index is 0. The van der Waals surface area contributed by atoms with Crippen molar-refractivity contribution in [1.29, 1.82) is 0 Å². The molecule has 7 heteroatoms.